The highest BCUT2D eigenvalue weighted by Gasteiger charge is 2.10. The van der Waals surface area contributed by atoms with Crippen molar-refractivity contribution in [1.29, 1.82) is 0 Å². The first-order valence-corrected chi connectivity index (χ1v) is 5.99. The Bertz CT molecular complexity index is 801. The predicted molar refractivity (Wildman–Crippen MR) is 73.0 cm³/mol. The zero-order chi connectivity index (χ0) is 13.4. The molecule has 4 nitrogen and oxygen atoms in total. The van der Waals surface area contributed by atoms with E-state index in [-0.39, 0.29) is 5.63 Å². The summed E-state index contributed by atoms with van der Waals surface area (Å²) in [4.78, 5) is 20.5. The lowest BCUT2D eigenvalue weighted by Gasteiger charge is -2.03. The van der Waals surface area contributed by atoms with Gasteiger partial charge in [0.1, 0.15) is 11.4 Å². The number of hydrogen-bond acceptors (Lipinski definition) is 4. The van der Waals surface area contributed by atoms with Crippen LogP contribution < -0.4 is 5.63 Å². The molecule has 19 heavy (non-hydrogen) atoms. The Morgan fingerprint density at radius 2 is 1.84 bits per heavy atom. The molecule has 0 saturated carbocycles. The minimum atomic E-state index is -0.379. The Morgan fingerprint density at radius 1 is 1.05 bits per heavy atom. The van der Waals surface area contributed by atoms with Gasteiger partial charge in [0.2, 0.25) is 0 Å². The summed E-state index contributed by atoms with van der Waals surface area (Å²) in [7, 11) is 0. The average molecular weight is 252 g/mol. The number of benzene rings is 1. The molecule has 94 valence electrons. The summed E-state index contributed by atoms with van der Waals surface area (Å²) in [5, 5.41) is 0.881. The Balaban J connectivity index is 2.30. The zero-order valence-corrected chi connectivity index (χ0v) is 10.7. The average Bonchev–Trinajstić information content (AvgIpc) is 2.36. The summed E-state index contributed by atoms with van der Waals surface area (Å²) in [6.07, 6.45) is 0. The summed E-state index contributed by atoms with van der Waals surface area (Å²) >= 11 is 0. The van der Waals surface area contributed by atoms with E-state index in [4.69, 9.17) is 4.42 Å². The molecule has 1 aromatic carbocycles. The van der Waals surface area contributed by atoms with Gasteiger partial charge in [0.05, 0.1) is 11.3 Å². The lowest BCUT2D eigenvalue weighted by molar-refractivity contribution is 0.563. The van der Waals surface area contributed by atoms with Crippen molar-refractivity contribution >= 4 is 11.0 Å². The molecule has 0 unspecified atom stereocenters. The normalized spacial score (nSPS) is 10.8. The van der Waals surface area contributed by atoms with Crippen molar-refractivity contribution in [2.45, 2.75) is 13.8 Å². The van der Waals surface area contributed by atoms with Gasteiger partial charge in [-0.2, -0.15) is 0 Å². The van der Waals surface area contributed by atoms with Crippen LogP contribution in [0.15, 0.2) is 45.6 Å². The van der Waals surface area contributed by atoms with Crippen LogP contribution in [0.1, 0.15) is 11.5 Å². The first-order chi connectivity index (χ1) is 9.13. The van der Waals surface area contributed by atoms with E-state index in [0.717, 1.165) is 11.1 Å². The Kier molecular flexibility index (Phi) is 2.63. The Hall–Kier alpha value is -2.49. The maximum absolute atomic E-state index is 12.0. The third-order valence-corrected chi connectivity index (χ3v) is 2.88. The second-order valence-corrected chi connectivity index (χ2v) is 4.43. The van der Waals surface area contributed by atoms with Gasteiger partial charge in [-0.15, -0.1) is 0 Å². The highest BCUT2D eigenvalue weighted by molar-refractivity contribution is 5.80. The Labute approximate surface area is 109 Å². The number of nitrogens with zero attached hydrogens (tertiary/aromatic N) is 2. The number of rotatable bonds is 1. The van der Waals surface area contributed by atoms with E-state index in [9.17, 15) is 4.79 Å². The van der Waals surface area contributed by atoms with Crippen molar-refractivity contribution in [2.24, 2.45) is 0 Å². The van der Waals surface area contributed by atoms with Gasteiger partial charge in [0.15, 0.2) is 0 Å². The van der Waals surface area contributed by atoms with Crippen LogP contribution in [0.3, 0.4) is 0 Å². The first kappa shape index (κ1) is 11.6. The van der Waals surface area contributed by atoms with Crippen molar-refractivity contribution in [1.82, 2.24) is 9.97 Å². The van der Waals surface area contributed by atoms with Crippen LogP contribution in [0.4, 0.5) is 0 Å². The van der Waals surface area contributed by atoms with Crippen molar-refractivity contribution in [3.8, 4) is 11.3 Å². The van der Waals surface area contributed by atoms with Crippen LogP contribution in [-0.4, -0.2) is 9.97 Å². The van der Waals surface area contributed by atoms with Crippen molar-refractivity contribution in [3.05, 3.63) is 58.3 Å². The van der Waals surface area contributed by atoms with E-state index in [2.05, 4.69) is 9.97 Å². The summed E-state index contributed by atoms with van der Waals surface area (Å²) < 4.78 is 5.31. The molecule has 2 heterocycles. The third-order valence-electron chi connectivity index (χ3n) is 2.88. The smallest absolute Gasteiger partial charge is 0.345 e. The molecule has 0 aliphatic carbocycles. The fraction of sp³-hybridized carbons (Fsp3) is 0.133. The van der Waals surface area contributed by atoms with Crippen molar-refractivity contribution in [2.75, 3.05) is 0 Å². The molecule has 0 saturated heterocycles. The number of aryl methyl sites for hydroxylation is 2. The maximum atomic E-state index is 12.0. The zero-order valence-electron chi connectivity index (χ0n) is 10.7. The van der Waals surface area contributed by atoms with Gasteiger partial charge in [-0.1, -0.05) is 18.2 Å². The molecule has 0 N–H and O–H groups in total. The summed E-state index contributed by atoms with van der Waals surface area (Å²) in [6, 6.07) is 11.0. The lowest BCUT2D eigenvalue weighted by atomic mass is 10.1. The molecule has 0 aliphatic rings. The molecule has 3 rings (SSSR count). The van der Waals surface area contributed by atoms with E-state index in [0.29, 0.717) is 22.7 Å². The maximum Gasteiger partial charge on any atom is 0.345 e. The Morgan fingerprint density at radius 3 is 2.63 bits per heavy atom. The number of para-hydroxylation sites is 1. The molecule has 0 aliphatic heterocycles. The van der Waals surface area contributed by atoms with Crippen molar-refractivity contribution < 1.29 is 4.42 Å². The summed E-state index contributed by atoms with van der Waals surface area (Å²) in [5.74, 6) is 0.641. The molecule has 0 spiro atoms. The standard InChI is InChI=1S/C15H12N2O2/c1-9-7-13(17-10(2)16-9)12-8-11-5-3-4-6-14(11)19-15(12)18/h3-8H,1-2H3. The minimum Gasteiger partial charge on any atom is -0.422 e. The van der Waals surface area contributed by atoms with E-state index in [1.807, 2.05) is 31.2 Å². The second kappa shape index (κ2) is 4.31. The van der Waals surface area contributed by atoms with E-state index in [1.54, 1.807) is 19.1 Å². The summed E-state index contributed by atoms with van der Waals surface area (Å²) in [5.41, 5.74) is 2.10. The molecule has 0 atom stereocenters. The number of hydrogen-bond donors (Lipinski definition) is 0. The van der Waals surface area contributed by atoms with Crippen LogP contribution in [0.2, 0.25) is 0 Å². The minimum absolute atomic E-state index is 0.379. The molecule has 0 amide bonds. The van der Waals surface area contributed by atoms with Gasteiger partial charge in [-0.25, -0.2) is 14.8 Å². The number of aromatic nitrogens is 2. The highest BCUT2D eigenvalue weighted by atomic mass is 16.4. The fourth-order valence-electron chi connectivity index (χ4n) is 2.10. The van der Waals surface area contributed by atoms with Gasteiger partial charge in [0, 0.05) is 11.1 Å². The monoisotopic (exact) mass is 252 g/mol. The molecule has 0 fully saturated rings. The highest BCUT2D eigenvalue weighted by Crippen LogP contribution is 2.19. The molecule has 0 bridgehead atoms. The van der Waals surface area contributed by atoms with Crippen LogP contribution in [0.25, 0.3) is 22.2 Å². The molecule has 4 heteroatoms. The molecule has 2 aromatic heterocycles. The van der Waals surface area contributed by atoms with E-state index in [1.165, 1.54) is 0 Å². The molecular weight excluding hydrogens is 240 g/mol. The van der Waals surface area contributed by atoms with Crippen LogP contribution >= 0.6 is 0 Å². The quantitative estimate of drug-likeness (QED) is 0.625. The predicted octanol–water partition coefficient (Wildman–Crippen LogP) is 2.87. The van der Waals surface area contributed by atoms with Gasteiger partial charge in [-0.05, 0) is 32.0 Å². The van der Waals surface area contributed by atoms with Crippen molar-refractivity contribution in [3.63, 3.8) is 0 Å². The van der Waals surface area contributed by atoms with Gasteiger partial charge < -0.3 is 4.42 Å². The van der Waals surface area contributed by atoms with E-state index >= 15 is 0 Å². The van der Waals surface area contributed by atoms with E-state index < -0.39 is 0 Å². The second-order valence-electron chi connectivity index (χ2n) is 4.43. The summed E-state index contributed by atoms with van der Waals surface area (Å²) in [6.45, 7) is 3.68. The van der Waals surface area contributed by atoms with Gasteiger partial charge >= 0.3 is 5.63 Å². The van der Waals surface area contributed by atoms with Crippen LogP contribution in [0.5, 0.6) is 0 Å². The fourth-order valence-corrected chi connectivity index (χ4v) is 2.10. The molecular formula is C15H12N2O2. The molecule has 0 radical (unpaired) electrons. The van der Waals surface area contributed by atoms with Gasteiger partial charge in [-0.3, -0.25) is 0 Å². The molecule has 3 aromatic rings. The van der Waals surface area contributed by atoms with Gasteiger partial charge in [0.25, 0.3) is 0 Å². The number of fused-ring (bicyclic) bond motifs is 1. The van der Waals surface area contributed by atoms with Crippen LogP contribution in [0, 0.1) is 13.8 Å². The van der Waals surface area contributed by atoms with Crippen LogP contribution in [-0.2, 0) is 0 Å². The topological polar surface area (TPSA) is 56.0 Å². The largest absolute Gasteiger partial charge is 0.422 e. The third kappa shape index (κ3) is 2.12. The first-order valence-electron chi connectivity index (χ1n) is 5.99. The SMILES string of the molecule is Cc1cc(-c2cc3ccccc3oc2=O)nc(C)n1. The lowest BCUT2D eigenvalue weighted by Crippen LogP contribution is -2.05.